The van der Waals surface area contributed by atoms with Crippen molar-refractivity contribution in [1.29, 1.82) is 0 Å². The standard InChI is InChI=1S/C19H29/c1-4-8-16-9-7-10-18(15-16)17-11-13-19(5-2,6-3)14-12-17/h7,9-10,15,17H,1,4-6,8,11-14H2,2-3H3. The lowest BCUT2D eigenvalue weighted by atomic mass is 9.66. The third-order valence-corrected chi connectivity index (χ3v) is 5.43. The Morgan fingerprint density at radius 1 is 1.16 bits per heavy atom. The van der Waals surface area contributed by atoms with Gasteiger partial charge in [-0.2, -0.15) is 0 Å². The molecule has 1 aliphatic rings. The first kappa shape index (κ1) is 14.6. The van der Waals surface area contributed by atoms with Crippen LogP contribution < -0.4 is 0 Å². The third-order valence-electron chi connectivity index (χ3n) is 5.43. The van der Waals surface area contributed by atoms with Gasteiger partial charge in [0.1, 0.15) is 0 Å². The number of benzene rings is 1. The minimum absolute atomic E-state index is 0.654. The van der Waals surface area contributed by atoms with Crippen molar-refractivity contribution in [3.8, 4) is 0 Å². The van der Waals surface area contributed by atoms with Gasteiger partial charge in [-0.3, -0.25) is 0 Å². The van der Waals surface area contributed by atoms with Crippen LogP contribution in [-0.4, -0.2) is 0 Å². The zero-order valence-electron chi connectivity index (χ0n) is 12.8. The van der Waals surface area contributed by atoms with Crippen molar-refractivity contribution in [1.82, 2.24) is 0 Å². The second-order valence-corrected chi connectivity index (χ2v) is 6.33. The number of rotatable bonds is 5. The van der Waals surface area contributed by atoms with Crippen LogP contribution in [0, 0.1) is 12.3 Å². The Hall–Kier alpha value is -0.780. The fourth-order valence-corrected chi connectivity index (χ4v) is 3.73. The van der Waals surface area contributed by atoms with Crippen molar-refractivity contribution in [2.75, 3.05) is 0 Å². The van der Waals surface area contributed by atoms with E-state index in [9.17, 15) is 0 Å². The quantitative estimate of drug-likeness (QED) is 0.614. The molecule has 19 heavy (non-hydrogen) atoms. The molecule has 0 amide bonds. The molecule has 0 bridgehead atoms. The summed E-state index contributed by atoms with van der Waals surface area (Å²) >= 11 is 0. The molecule has 1 aliphatic carbocycles. The minimum atomic E-state index is 0.654. The zero-order valence-corrected chi connectivity index (χ0v) is 12.8. The van der Waals surface area contributed by atoms with Gasteiger partial charge >= 0.3 is 0 Å². The second-order valence-electron chi connectivity index (χ2n) is 6.33. The molecule has 1 aromatic carbocycles. The summed E-state index contributed by atoms with van der Waals surface area (Å²) in [6.45, 7) is 8.71. The molecule has 1 radical (unpaired) electrons. The molecule has 2 rings (SSSR count). The van der Waals surface area contributed by atoms with Crippen LogP contribution in [0.15, 0.2) is 24.3 Å². The third kappa shape index (κ3) is 3.41. The largest absolute Gasteiger partial charge is 0.0649 e. The van der Waals surface area contributed by atoms with E-state index in [1.54, 1.807) is 5.56 Å². The maximum atomic E-state index is 3.96. The first-order chi connectivity index (χ1) is 9.23. The molecule has 0 aliphatic heterocycles. The molecule has 0 aromatic heterocycles. The van der Waals surface area contributed by atoms with Crippen molar-refractivity contribution < 1.29 is 0 Å². The molecule has 0 atom stereocenters. The first-order valence-corrected chi connectivity index (χ1v) is 8.11. The van der Waals surface area contributed by atoms with Crippen molar-refractivity contribution in [2.45, 2.75) is 71.1 Å². The Labute approximate surface area is 119 Å². The van der Waals surface area contributed by atoms with Gasteiger partial charge in [-0.1, -0.05) is 57.9 Å². The molecular formula is C19H29. The highest BCUT2D eigenvalue weighted by molar-refractivity contribution is 5.27. The predicted molar refractivity (Wildman–Crippen MR) is 84.3 cm³/mol. The zero-order chi connectivity index (χ0) is 13.7. The van der Waals surface area contributed by atoms with E-state index in [1.165, 1.54) is 44.1 Å². The molecule has 105 valence electrons. The predicted octanol–water partition coefficient (Wildman–Crippen LogP) is 5.92. The normalized spacial score (nSPS) is 19.5. The van der Waals surface area contributed by atoms with Crippen LogP contribution in [0.2, 0.25) is 0 Å². The van der Waals surface area contributed by atoms with Crippen LogP contribution in [0.5, 0.6) is 0 Å². The summed E-state index contributed by atoms with van der Waals surface area (Å²) in [4.78, 5) is 0. The van der Waals surface area contributed by atoms with E-state index in [0.717, 1.165) is 18.8 Å². The van der Waals surface area contributed by atoms with Gasteiger partial charge in [-0.15, -0.1) is 0 Å². The monoisotopic (exact) mass is 257 g/mol. The van der Waals surface area contributed by atoms with E-state index in [2.05, 4.69) is 45.0 Å². The molecule has 0 saturated heterocycles. The fourth-order valence-electron chi connectivity index (χ4n) is 3.73. The molecule has 1 aromatic rings. The van der Waals surface area contributed by atoms with E-state index < -0.39 is 0 Å². The minimum Gasteiger partial charge on any atom is -0.0649 e. The van der Waals surface area contributed by atoms with E-state index in [4.69, 9.17) is 0 Å². The lowest BCUT2D eigenvalue weighted by Crippen LogP contribution is -2.25. The molecular weight excluding hydrogens is 228 g/mol. The molecule has 0 heteroatoms. The molecule has 0 nitrogen and oxygen atoms in total. The van der Waals surface area contributed by atoms with Crippen LogP contribution in [0.3, 0.4) is 0 Å². The van der Waals surface area contributed by atoms with Gasteiger partial charge in [0.15, 0.2) is 0 Å². The number of hydrogen-bond acceptors (Lipinski definition) is 0. The molecule has 0 N–H and O–H groups in total. The van der Waals surface area contributed by atoms with Crippen molar-refractivity contribution in [3.05, 3.63) is 42.3 Å². The smallest absolute Gasteiger partial charge is 0.0161 e. The Morgan fingerprint density at radius 2 is 1.84 bits per heavy atom. The SMILES string of the molecule is [CH2]CCc1cccc(C2CCC(CC)(CC)CC2)c1. The average Bonchev–Trinajstić information content (AvgIpc) is 2.48. The highest BCUT2D eigenvalue weighted by atomic mass is 14.4. The average molecular weight is 257 g/mol. The van der Waals surface area contributed by atoms with Gasteiger partial charge < -0.3 is 0 Å². The Balaban J connectivity index is 2.03. The van der Waals surface area contributed by atoms with Gasteiger partial charge in [0.05, 0.1) is 0 Å². The van der Waals surface area contributed by atoms with Crippen LogP contribution in [0.4, 0.5) is 0 Å². The van der Waals surface area contributed by atoms with Gasteiger partial charge in [0.25, 0.3) is 0 Å². The van der Waals surface area contributed by atoms with Crippen LogP contribution in [-0.2, 0) is 6.42 Å². The van der Waals surface area contributed by atoms with Crippen molar-refractivity contribution in [2.24, 2.45) is 5.41 Å². The topological polar surface area (TPSA) is 0 Å². The maximum absolute atomic E-state index is 3.96. The maximum Gasteiger partial charge on any atom is -0.0161 e. The molecule has 1 saturated carbocycles. The van der Waals surface area contributed by atoms with Crippen molar-refractivity contribution in [3.63, 3.8) is 0 Å². The Kier molecular flexibility index (Phi) is 5.07. The highest BCUT2D eigenvalue weighted by Gasteiger charge is 2.32. The van der Waals surface area contributed by atoms with Crippen LogP contribution in [0.25, 0.3) is 0 Å². The molecule has 1 fully saturated rings. The summed E-state index contributed by atoms with van der Waals surface area (Å²) in [6.07, 6.45) is 10.5. The van der Waals surface area contributed by atoms with Gasteiger partial charge in [0, 0.05) is 0 Å². The number of hydrogen-bond donors (Lipinski definition) is 0. The second kappa shape index (κ2) is 6.59. The Morgan fingerprint density at radius 3 is 2.42 bits per heavy atom. The summed E-state index contributed by atoms with van der Waals surface area (Å²) in [6, 6.07) is 9.25. The van der Waals surface area contributed by atoms with E-state index in [1.807, 2.05) is 0 Å². The van der Waals surface area contributed by atoms with Crippen LogP contribution >= 0.6 is 0 Å². The van der Waals surface area contributed by atoms with Gasteiger partial charge in [-0.05, 0) is 61.0 Å². The summed E-state index contributed by atoms with van der Waals surface area (Å²) in [5.74, 6) is 0.802. The lowest BCUT2D eigenvalue weighted by Gasteiger charge is -2.39. The van der Waals surface area contributed by atoms with Crippen molar-refractivity contribution >= 4 is 0 Å². The molecule has 0 heterocycles. The summed E-state index contributed by atoms with van der Waals surface area (Å²) < 4.78 is 0. The van der Waals surface area contributed by atoms with E-state index >= 15 is 0 Å². The first-order valence-electron chi connectivity index (χ1n) is 8.11. The summed E-state index contributed by atoms with van der Waals surface area (Å²) in [5, 5.41) is 0. The van der Waals surface area contributed by atoms with Crippen LogP contribution in [0.1, 0.15) is 75.8 Å². The molecule has 0 spiro atoms. The number of aryl methyl sites for hydroxylation is 1. The van der Waals surface area contributed by atoms with Gasteiger partial charge in [-0.25, -0.2) is 0 Å². The fraction of sp³-hybridized carbons (Fsp3) is 0.632. The molecule has 0 unspecified atom stereocenters. The van der Waals surface area contributed by atoms with E-state index in [-0.39, 0.29) is 0 Å². The summed E-state index contributed by atoms with van der Waals surface area (Å²) in [7, 11) is 0. The van der Waals surface area contributed by atoms with E-state index in [0.29, 0.717) is 5.41 Å². The highest BCUT2D eigenvalue weighted by Crippen LogP contribution is 2.46. The Bertz CT molecular complexity index is 377. The van der Waals surface area contributed by atoms with Gasteiger partial charge in [0.2, 0.25) is 0 Å². The lowest BCUT2D eigenvalue weighted by molar-refractivity contribution is 0.159. The summed E-state index contributed by atoms with van der Waals surface area (Å²) in [5.41, 5.74) is 3.70.